The van der Waals surface area contributed by atoms with Crippen LogP contribution in [0.3, 0.4) is 0 Å². The average Bonchev–Trinajstić information content (AvgIpc) is 2.64. The SMILES string of the molecule is CN(C)[C@@H](CNc1cc(N2CCOCC2)ncn1)c1ccc(F)cc1. The van der Waals surface area contributed by atoms with Gasteiger partial charge in [0.2, 0.25) is 0 Å². The van der Waals surface area contributed by atoms with Crippen LogP contribution in [0.1, 0.15) is 11.6 Å². The van der Waals surface area contributed by atoms with Crippen LogP contribution in [0.25, 0.3) is 0 Å². The zero-order chi connectivity index (χ0) is 17.6. The number of hydrogen-bond donors (Lipinski definition) is 1. The summed E-state index contributed by atoms with van der Waals surface area (Å²) in [5, 5.41) is 3.37. The molecule has 1 atom stereocenters. The maximum absolute atomic E-state index is 13.2. The van der Waals surface area contributed by atoms with E-state index in [1.54, 1.807) is 6.33 Å². The minimum atomic E-state index is -0.222. The highest BCUT2D eigenvalue weighted by atomic mass is 19.1. The molecular formula is C18H24FN5O. The molecule has 7 heteroatoms. The van der Waals surface area contributed by atoms with E-state index in [0.29, 0.717) is 6.54 Å². The number of halogens is 1. The van der Waals surface area contributed by atoms with Crippen molar-refractivity contribution in [2.75, 3.05) is 57.2 Å². The standard InChI is InChI=1S/C18H24FN5O/c1-23(2)16(14-3-5-15(19)6-4-14)12-20-17-11-18(22-13-21-17)24-7-9-25-10-8-24/h3-6,11,13,16H,7-10,12H2,1-2H3,(H,20,21,22)/t16-/m0/s1. The number of benzene rings is 1. The van der Waals surface area contributed by atoms with Gasteiger partial charge in [-0.25, -0.2) is 14.4 Å². The normalized spacial score (nSPS) is 16.1. The topological polar surface area (TPSA) is 53.5 Å². The van der Waals surface area contributed by atoms with Crippen molar-refractivity contribution in [3.8, 4) is 0 Å². The summed E-state index contributed by atoms with van der Waals surface area (Å²) >= 11 is 0. The van der Waals surface area contributed by atoms with Crippen LogP contribution < -0.4 is 10.2 Å². The van der Waals surface area contributed by atoms with Crippen molar-refractivity contribution in [3.05, 3.63) is 48.0 Å². The van der Waals surface area contributed by atoms with E-state index >= 15 is 0 Å². The van der Waals surface area contributed by atoms with E-state index in [-0.39, 0.29) is 11.9 Å². The molecule has 1 N–H and O–H groups in total. The first-order chi connectivity index (χ1) is 12.1. The summed E-state index contributed by atoms with van der Waals surface area (Å²) in [6, 6.07) is 8.70. The average molecular weight is 345 g/mol. The van der Waals surface area contributed by atoms with Crippen molar-refractivity contribution in [1.29, 1.82) is 0 Å². The smallest absolute Gasteiger partial charge is 0.134 e. The Balaban J connectivity index is 1.67. The number of morpholine rings is 1. The Labute approximate surface area is 147 Å². The number of likely N-dealkylation sites (N-methyl/N-ethyl adjacent to an activating group) is 1. The number of nitrogens with one attached hydrogen (secondary N) is 1. The maximum atomic E-state index is 13.2. The second-order valence-corrected chi connectivity index (χ2v) is 6.27. The van der Waals surface area contributed by atoms with Crippen molar-refractivity contribution in [1.82, 2.24) is 14.9 Å². The van der Waals surface area contributed by atoms with Crippen molar-refractivity contribution in [3.63, 3.8) is 0 Å². The van der Waals surface area contributed by atoms with E-state index in [1.807, 2.05) is 32.3 Å². The zero-order valence-corrected chi connectivity index (χ0v) is 14.7. The van der Waals surface area contributed by atoms with Gasteiger partial charge >= 0.3 is 0 Å². The molecule has 1 aromatic carbocycles. The first kappa shape index (κ1) is 17.6. The Kier molecular flexibility index (Phi) is 5.78. The highest BCUT2D eigenvalue weighted by Crippen LogP contribution is 2.20. The number of anilines is 2. The molecule has 2 heterocycles. The minimum absolute atomic E-state index is 0.113. The molecule has 134 valence electrons. The van der Waals surface area contributed by atoms with Gasteiger partial charge in [0.25, 0.3) is 0 Å². The van der Waals surface area contributed by atoms with Gasteiger partial charge in [-0.3, -0.25) is 0 Å². The molecule has 1 aliphatic rings. The lowest BCUT2D eigenvalue weighted by atomic mass is 10.1. The van der Waals surface area contributed by atoms with Crippen LogP contribution in [0.4, 0.5) is 16.0 Å². The van der Waals surface area contributed by atoms with Crippen molar-refractivity contribution >= 4 is 11.6 Å². The molecule has 0 bridgehead atoms. The van der Waals surface area contributed by atoms with Crippen LogP contribution in [-0.4, -0.2) is 61.8 Å². The highest BCUT2D eigenvalue weighted by molar-refractivity contribution is 5.48. The van der Waals surface area contributed by atoms with E-state index in [1.165, 1.54) is 12.1 Å². The Morgan fingerprint density at radius 2 is 1.92 bits per heavy atom. The molecule has 2 aromatic rings. The molecule has 1 fully saturated rings. The molecule has 1 saturated heterocycles. The van der Waals surface area contributed by atoms with E-state index < -0.39 is 0 Å². The third kappa shape index (κ3) is 4.64. The van der Waals surface area contributed by atoms with Crippen LogP contribution in [0.15, 0.2) is 36.7 Å². The van der Waals surface area contributed by atoms with E-state index in [4.69, 9.17) is 4.74 Å². The number of aromatic nitrogens is 2. The van der Waals surface area contributed by atoms with Gasteiger partial charge in [-0.05, 0) is 31.8 Å². The lowest BCUT2D eigenvalue weighted by Gasteiger charge is -2.28. The summed E-state index contributed by atoms with van der Waals surface area (Å²) in [5.41, 5.74) is 1.06. The van der Waals surface area contributed by atoms with E-state index in [0.717, 1.165) is 43.5 Å². The van der Waals surface area contributed by atoms with Crippen molar-refractivity contribution in [2.24, 2.45) is 0 Å². The number of nitrogens with zero attached hydrogens (tertiary/aromatic N) is 4. The summed E-state index contributed by atoms with van der Waals surface area (Å²) in [4.78, 5) is 13.0. The molecule has 0 spiro atoms. The highest BCUT2D eigenvalue weighted by Gasteiger charge is 2.16. The van der Waals surface area contributed by atoms with Crippen LogP contribution in [0.5, 0.6) is 0 Å². The molecular weight excluding hydrogens is 321 g/mol. The molecule has 0 amide bonds. The van der Waals surface area contributed by atoms with Gasteiger partial charge in [0, 0.05) is 25.7 Å². The maximum Gasteiger partial charge on any atom is 0.134 e. The fraction of sp³-hybridized carbons (Fsp3) is 0.444. The van der Waals surface area contributed by atoms with Crippen LogP contribution in [0, 0.1) is 5.82 Å². The molecule has 0 saturated carbocycles. The molecule has 0 radical (unpaired) electrons. The molecule has 1 aliphatic heterocycles. The van der Waals surface area contributed by atoms with Gasteiger partial charge in [-0.2, -0.15) is 0 Å². The quantitative estimate of drug-likeness (QED) is 0.866. The molecule has 1 aromatic heterocycles. The van der Waals surface area contributed by atoms with Crippen LogP contribution >= 0.6 is 0 Å². The summed E-state index contributed by atoms with van der Waals surface area (Å²) in [6.07, 6.45) is 1.58. The molecule has 3 rings (SSSR count). The van der Waals surface area contributed by atoms with Gasteiger partial charge in [-0.15, -0.1) is 0 Å². The molecule has 6 nitrogen and oxygen atoms in total. The largest absolute Gasteiger partial charge is 0.378 e. The summed E-state index contributed by atoms with van der Waals surface area (Å²) in [5.74, 6) is 1.47. The van der Waals surface area contributed by atoms with Gasteiger partial charge in [-0.1, -0.05) is 12.1 Å². The van der Waals surface area contributed by atoms with Gasteiger partial charge < -0.3 is 19.9 Å². The fourth-order valence-corrected chi connectivity index (χ4v) is 2.89. The van der Waals surface area contributed by atoms with Crippen molar-refractivity contribution < 1.29 is 9.13 Å². The first-order valence-electron chi connectivity index (χ1n) is 8.44. The van der Waals surface area contributed by atoms with E-state index in [2.05, 4.69) is 25.1 Å². The fourth-order valence-electron chi connectivity index (χ4n) is 2.89. The third-order valence-electron chi connectivity index (χ3n) is 4.34. The molecule has 0 unspecified atom stereocenters. The Bertz CT molecular complexity index is 673. The first-order valence-corrected chi connectivity index (χ1v) is 8.44. The number of ether oxygens (including phenoxy) is 1. The molecule has 0 aliphatic carbocycles. The van der Waals surface area contributed by atoms with Gasteiger partial charge in [0.05, 0.1) is 19.3 Å². The predicted molar refractivity (Wildman–Crippen MR) is 96.4 cm³/mol. The Hall–Kier alpha value is -2.25. The number of rotatable bonds is 6. The predicted octanol–water partition coefficient (Wildman–Crippen LogP) is 2.17. The summed E-state index contributed by atoms with van der Waals surface area (Å²) in [6.45, 7) is 3.79. The summed E-state index contributed by atoms with van der Waals surface area (Å²) in [7, 11) is 4.02. The zero-order valence-electron chi connectivity index (χ0n) is 14.7. The second-order valence-electron chi connectivity index (χ2n) is 6.27. The van der Waals surface area contributed by atoms with Crippen LogP contribution in [0.2, 0.25) is 0 Å². The monoisotopic (exact) mass is 345 g/mol. The molecule has 25 heavy (non-hydrogen) atoms. The van der Waals surface area contributed by atoms with Crippen LogP contribution in [-0.2, 0) is 4.74 Å². The van der Waals surface area contributed by atoms with Gasteiger partial charge in [0.15, 0.2) is 0 Å². The lowest BCUT2D eigenvalue weighted by Crippen LogP contribution is -2.36. The summed E-state index contributed by atoms with van der Waals surface area (Å²) < 4.78 is 18.5. The number of hydrogen-bond acceptors (Lipinski definition) is 6. The minimum Gasteiger partial charge on any atom is -0.378 e. The lowest BCUT2D eigenvalue weighted by molar-refractivity contribution is 0.122. The Morgan fingerprint density at radius 1 is 1.20 bits per heavy atom. The third-order valence-corrected chi connectivity index (χ3v) is 4.34. The van der Waals surface area contributed by atoms with E-state index in [9.17, 15) is 4.39 Å². The second kappa shape index (κ2) is 8.22. The van der Waals surface area contributed by atoms with Crippen molar-refractivity contribution in [2.45, 2.75) is 6.04 Å². The Morgan fingerprint density at radius 3 is 2.60 bits per heavy atom. The van der Waals surface area contributed by atoms with Gasteiger partial charge in [0.1, 0.15) is 23.8 Å².